The van der Waals surface area contributed by atoms with Gasteiger partial charge in [0, 0.05) is 0 Å². The van der Waals surface area contributed by atoms with Crippen molar-refractivity contribution >= 4 is 0 Å². The maximum absolute atomic E-state index is 1.92. The highest BCUT2D eigenvalue weighted by molar-refractivity contribution is 5.90. The average molecular weight is 703 g/mol. The predicted octanol–water partition coefficient (Wildman–Crippen LogP) is 5.74. The summed E-state index contributed by atoms with van der Waals surface area (Å²) < 4.78 is 0. The van der Waals surface area contributed by atoms with Crippen LogP contribution in [-0.4, -0.2) is 0 Å². The second-order valence-corrected chi connectivity index (χ2v) is 34.3. The molecule has 0 saturated heterocycles. The number of hydrogen-bond acceptors (Lipinski definition) is 0. The summed E-state index contributed by atoms with van der Waals surface area (Å²) in [6, 6.07) is 0. The van der Waals surface area contributed by atoms with Crippen LogP contribution in [0.15, 0.2) is 0 Å². The average Bonchev–Trinajstić information content (AvgIpc) is 3.64. The highest BCUT2D eigenvalue weighted by Crippen LogP contribution is 3.47. The van der Waals surface area contributed by atoms with Gasteiger partial charge in [-0.3, -0.25) is 0 Å². The lowest BCUT2D eigenvalue weighted by Crippen LogP contribution is -3.41. The van der Waals surface area contributed by atoms with Gasteiger partial charge in [0.1, 0.15) is 0 Å². The molecule has 0 aliphatic heterocycles. The zero-order chi connectivity index (χ0) is 31.0. The maximum Gasteiger partial charge on any atom is -0.00618 e. The molecule has 0 aromatic heterocycles. The maximum atomic E-state index is 1.92. The molecule has 17 spiro atoms. The second-order valence-electron chi connectivity index (χ2n) is 34.3. The summed E-state index contributed by atoms with van der Waals surface area (Å²) in [6.45, 7) is 0. The zero-order valence-electron chi connectivity index (χ0n) is 31.0. The molecule has 0 bridgehead atoms. The third-order valence-electron chi connectivity index (χ3n) is 43.9. The number of rotatable bonds is 0. The SMILES string of the molecule is C1C2C3C4C5C2C2C1C1C6CC7C8C9C%10C%11C%12C%13C%14C%15C%16C%17C%18CC%19[C@H]%20[C@H]%21CC3C%213[C@@H]4C4%21[C@H]%22[C@H]%23C5%24[C@H]5[C@H]%25C2%26[C@H]2C1C67C82C9%26C%10%25C%115C%12%24C%13%23C%14%22C%154C%161[C@H]%21[C@H]2C%171C%18%19C%2023. The van der Waals surface area contributed by atoms with E-state index in [1.54, 1.807) is 0 Å². The molecular formula is C55H42. The van der Waals surface area contributed by atoms with Crippen molar-refractivity contribution in [3.8, 4) is 0 Å². The van der Waals surface area contributed by atoms with Gasteiger partial charge < -0.3 is 0 Å². The summed E-state index contributed by atoms with van der Waals surface area (Å²) in [5.41, 5.74) is 18.2. The molecule has 0 amide bonds. The normalized spacial score (nSPS) is 128. The van der Waals surface area contributed by atoms with Gasteiger partial charge in [0.05, 0.1) is 0 Å². The van der Waals surface area contributed by atoms with E-state index in [1.807, 2.05) is 25.7 Å². The lowest BCUT2D eigenvalue weighted by Gasteiger charge is -3.42. The van der Waals surface area contributed by atoms with Crippen LogP contribution in [0.5, 0.6) is 0 Å². The van der Waals surface area contributed by atoms with Crippen molar-refractivity contribution in [3.63, 3.8) is 0 Å². The minimum atomic E-state index is 1.03. The molecule has 0 aromatic carbocycles. The van der Waals surface area contributed by atoms with Crippen LogP contribution in [0, 0.1) is 293 Å². The van der Waals surface area contributed by atoms with Crippen molar-refractivity contribution in [3.05, 3.63) is 0 Å². The zero-order valence-corrected chi connectivity index (χ0v) is 31.0. The van der Waals surface area contributed by atoms with Crippen molar-refractivity contribution < 1.29 is 0 Å². The highest BCUT2D eigenvalue weighted by Gasteiger charge is 3.45. The smallest absolute Gasteiger partial charge is 0.00618 e. The van der Waals surface area contributed by atoms with Crippen LogP contribution in [-0.2, 0) is 0 Å². The molecule has 35 rings (SSSR count). The molecule has 262 valence electrons. The van der Waals surface area contributed by atoms with Gasteiger partial charge in [-0.1, -0.05) is 0 Å². The Kier molecular flexibility index (Phi) is 1.29. The molecule has 41 unspecified atom stereocenters. The molecule has 35 aliphatic rings. The molecule has 0 heterocycles. The van der Waals surface area contributed by atoms with Gasteiger partial charge in [0.2, 0.25) is 0 Å². The van der Waals surface area contributed by atoms with Crippen LogP contribution in [0.4, 0.5) is 0 Å². The Morgan fingerprint density at radius 2 is 0.800 bits per heavy atom. The standard InChI is InChI=1S/C55H42/c1-5-13-7-2-9-18-11-4-12-20-23-29-26-27-30-25-24-28-19-10-3-8-14-6(1)17-15(5)21-16(13)31-40(7,9)45(18)38-37-43(31)36-35-42(21)34-33-41(17)32-22(14)39(8,10)46(19,32)53(28,41)49(24,33)50(25,34)54(30,42)51(27,35)52(26,36)55(29,43)48(23,37)47(20,38)44(11,12)45/h5-38H,1-4H2/t5?,6?,7?,8?,9-,10?,11?,12?,13?,14?,15?,16?,17?,18-,19?,20?,21?,22?,23?,24?,25?,26?,27?,28?,29?,30?,31-,32-,33+,34-,35+,36-,37+,38-,39?,40?,41?,42?,43?,44?,45?,46?,47?,48?,49?,50?,51?,52?,53?,54?,55?/m1/s1. The summed E-state index contributed by atoms with van der Waals surface area (Å²) >= 11 is 0. The van der Waals surface area contributed by atoms with Gasteiger partial charge in [-0.25, -0.2) is 0 Å². The molecule has 35 fully saturated rings. The van der Waals surface area contributed by atoms with E-state index in [-0.39, 0.29) is 0 Å². The van der Waals surface area contributed by atoms with Gasteiger partial charge in [0.15, 0.2) is 0 Å². The molecule has 55 heavy (non-hydrogen) atoms. The van der Waals surface area contributed by atoms with Crippen LogP contribution in [0.1, 0.15) is 25.7 Å². The molecule has 35 saturated carbocycles. The molecule has 0 radical (unpaired) electrons. The molecule has 0 heteroatoms. The minimum absolute atomic E-state index is 1.03. The van der Waals surface area contributed by atoms with E-state index in [0.717, 1.165) is 92.1 Å². The predicted molar refractivity (Wildman–Crippen MR) is 178 cm³/mol. The van der Waals surface area contributed by atoms with Crippen molar-refractivity contribution in [1.29, 1.82) is 0 Å². The Morgan fingerprint density at radius 1 is 0.218 bits per heavy atom. The van der Waals surface area contributed by atoms with Crippen molar-refractivity contribution in [2.45, 2.75) is 25.7 Å². The minimum Gasteiger partial charge on any atom is -0.0464 e. The Hall–Kier alpha value is 0. The molecule has 51 atom stereocenters. The third-order valence-corrected chi connectivity index (χ3v) is 43.9. The van der Waals surface area contributed by atoms with Gasteiger partial charge >= 0.3 is 0 Å². The van der Waals surface area contributed by atoms with Crippen LogP contribution in [0.25, 0.3) is 0 Å². The number of fused-ring (bicyclic) bond motifs is 17. The van der Waals surface area contributed by atoms with Crippen molar-refractivity contribution in [1.82, 2.24) is 0 Å². The summed E-state index contributed by atoms with van der Waals surface area (Å²) in [5, 5.41) is 0. The van der Waals surface area contributed by atoms with Gasteiger partial charge in [-0.15, -0.1) is 0 Å². The molecule has 0 nitrogen and oxygen atoms in total. The fourth-order valence-corrected chi connectivity index (χ4v) is 53.0. The Bertz CT molecular complexity index is 3200. The Morgan fingerprint density at radius 3 is 1.62 bits per heavy atom. The van der Waals surface area contributed by atoms with Crippen LogP contribution < -0.4 is 0 Å². The largest absolute Gasteiger partial charge is 0.0464 e. The molecular weight excluding hydrogens is 661 g/mol. The second kappa shape index (κ2) is 3.51. The van der Waals surface area contributed by atoms with E-state index >= 15 is 0 Å². The van der Waals surface area contributed by atoms with E-state index in [2.05, 4.69) is 0 Å². The first kappa shape index (κ1) is 20.2. The van der Waals surface area contributed by atoms with E-state index in [9.17, 15) is 0 Å². The van der Waals surface area contributed by atoms with E-state index in [0.29, 0.717) is 0 Å². The fourth-order valence-electron chi connectivity index (χ4n) is 53.0. The molecule has 35 aliphatic carbocycles. The summed E-state index contributed by atoms with van der Waals surface area (Å²) in [6.07, 6.45) is 7.46. The topological polar surface area (TPSA) is 0 Å². The van der Waals surface area contributed by atoms with Gasteiger partial charge in [-0.05, 0) is 319 Å². The van der Waals surface area contributed by atoms with Crippen molar-refractivity contribution in [2.24, 2.45) is 293 Å². The van der Waals surface area contributed by atoms with Crippen LogP contribution in [0.3, 0.4) is 0 Å². The Labute approximate surface area is 317 Å². The molecule has 0 N–H and O–H groups in total. The summed E-state index contributed by atoms with van der Waals surface area (Å²) in [7, 11) is 0. The van der Waals surface area contributed by atoms with E-state index < -0.39 is 0 Å². The Balaban J connectivity index is 0.808. The first-order valence-electron chi connectivity index (χ1n) is 27.3. The lowest BCUT2D eigenvalue weighted by atomic mass is 8.60. The highest BCUT2D eigenvalue weighted by atomic mass is 15.5. The monoisotopic (exact) mass is 702 g/mol. The van der Waals surface area contributed by atoms with Gasteiger partial charge in [0.25, 0.3) is 0 Å². The van der Waals surface area contributed by atoms with Gasteiger partial charge in [-0.2, -0.15) is 0 Å². The first-order valence-corrected chi connectivity index (χ1v) is 27.3. The summed E-state index contributed by atoms with van der Waals surface area (Å²) in [4.78, 5) is 0. The van der Waals surface area contributed by atoms with Crippen molar-refractivity contribution in [2.75, 3.05) is 0 Å². The van der Waals surface area contributed by atoms with Crippen LogP contribution in [0.2, 0.25) is 0 Å². The lowest BCUT2D eigenvalue weighted by molar-refractivity contribution is -0.975. The number of hydrogen-bond donors (Lipinski definition) is 0. The quantitative estimate of drug-likeness (QED) is 0.302. The van der Waals surface area contributed by atoms with Crippen LogP contribution >= 0.6 is 0 Å². The van der Waals surface area contributed by atoms with E-state index in [1.165, 1.54) is 201 Å². The summed E-state index contributed by atoms with van der Waals surface area (Å²) in [5.74, 6) is 46.9. The van der Waals surface area contributed by atoms with E-state index in [4.69, 9.17) is 0 Å². The third kappa shape index (κ3) is 0.603. The molecule has 0 aromatic rings. The first-order chi connectivity index (χ1) is 27.3. The fraction of sp³-hybridized carbons (Fsp3) is 1.00.